The van der Waals surface area contributed by atoms with Crippen molar-refractivity contribution in [1.82, 2.24) is 0 Å². The lowest BCUT2D eigenvalue weighted by molar-refractivity contribution is -0.115. The quantitative estimate of drug-likeness (QED) is 0.469. The molecule has 3 aromatic carbocycles. The highest BCUT2D eigenvalue weighted by molar-refractivity contribution is 9.10. The number of amides is 1. The van der Waals surface area contributed by atoms with Crippen LogP contribution in [0, 0.1) is 0 Å². The SMILES string of the molecule is COc1ccccc1NC(=O)Cc1cc2cc(Br)ccc2cc1OP(=O)(O)O. The number of phosphoric acid groups is 1. The minimum Gasteiger partial charge on any atom is -0.495 e. The number of hydrogen-bond donors (Lipinski definition) is 3. The number of benzene rings is 3. The molecule has 28 heavy (non-hydrogen) atoms. The molecule has 9 heteroatoms. The molecule has 1 amide bonds. The highest BCUT2D eigenvalue weighted by Gasteiger charge is 2.20. The van der Waals surface area contributed by atoms with Gasteiger partial charge >= 0.3 is 7.82 Å². The van der Waals surface area contributed by atoms with E-state index < -0.39 is 7.82 Å². The van der Waals surface area contributed by atoms with Crippen molar-refractivity contribution in [3.05, 3.63) is 64.6 Å². The number of fused-ring (bicyclic) bond motifs is 1. The summed E-state index contributed by atoms with van der Waals surface area (Å²) in [7, 11) is -3.29. The lowest BCUT2D eigenvalue weighted by atomic mass is 10.0. The first-order chi connectivity index (χ1) is 13.2. The van der Waals surface area contributed by atoms with Crippen molar-refractivity contribution in [3.8, 4) is 11.5 Å². The Balaban J connectivity index is 1.94. The van der Waals surface area contributed by atoms with Gasteiger partial charge < -0.3 is 14.6 Å². The molecule has 0 aliphatic heterocycles. The Kier molecular flexibility index (Phi) is 6.05. The van der Waals surface area contributed by atoms with Gasteiger partial charge in [-0.25, -0.2) is 4.57 Å². The highest BCUT2D eigenvalue weighted by atomic mass is 79.9. The molecule has 3 aromatic rings. The molecule has 0 radical (unpaired) electrons. The van der Waals surface area contributed by atoms with E-state index in [2.05, 4.69) is 21.2 Å². The first kappa shape index (κ1) is 20.4. The summed E-state index contributed by atoms with van der Waals surface area (Å²) in [6, 6.07) is 15.6. The predicted molar refractivity (Wildman–Crippen MR) is 110 cm³/mol. The standard InChI is InChI=1S/C19H17BrNO6P/c1-26-17-5-3-2-4-16(17)21-19(22)11-14-8-13-9-15(20)7-6-12(13)10-18(14)27-28(23,24)25/h2-10H,11H2,1H3,(H,21,22)(H2,23,24,25). The van der Waals surface area contributed by atoms with Gasteiger partial charge in [-0.2, -0.15) is 0 Å². The molecule has 0 unspecified atom stereocenters. The first-order valence-corrected chi connectivity index (χ1v) is 10.5. The fourth-order valence-corrected chi connectivity index (χ4v) is 3.57. The van der Waals surface area contributed by atoms with Gasteiger partial charge in [0.05, 0.1) is 19.2 Å². The lowest BCUT2D eigenvalue weighted by Crippen LogP contribution is -2.15. The normalized spacial score (nSPS) is 11.3. The largest absolute Gasteiger partial charge is 0.524 e. The summed E-state index contributed by atoms with van der Waals surface area (Å²) in [5.41, 5.74) is 0.845. The topological polar surface area (TPSA) is 105 Å². The zero-order valence-corrected chi connectivity index (χ0v) is 17.2. The minimum atomic E-state index is -4.79. The smallest absolute Gasteiger partial charge is 0.495 e. The van der Waals surface area contributed by atoms with Crippen molar-refractivity contribution in [2.45, 2.75) is 6.42 Å². The van der Waals surface area contributed by atoms with E-state index in [0.717, 1.165) is 15.2 Å². The van der Waals surface area contributed by atoms with Gasteiger partial charge in [0.15, 0.2) is 0 Å². The highest BCUT2D eigenvalue weighted by Crippen LogP contribution is 2.41. The summed E-state index contributed by atoms with van der Waals surface area (Å²) in [6.45, 7) is 0. The van der Waals surface area contributed by atoms with Crippen LogP contribution in [0.2, 0.25) is 0 Å². The summed E-state index contributed by atoms with van der Waals surface area (Å²) in [6.07, 6.45) is -0.143. The number of para-hydroxylation sites is 2. The van der Waals surface area contributed by atoms with Gasteiger partial charge in [0.1, 0.15) is 11.5 Å². The molecular formula is C19H17BrNO6P. The third kappa shape index (κ3) is 5.11. The van der Waals surface area contributed by atoms with Crippen molar-refractivity contribution < 1.29 is 28.4 Å². The Morgan fingerprint density at radius 2 is 1.82 bits per heavy atom. The lowest BCUT2D eigenvalue weighted by Gasteiger charge is -2.14. The maximum atomic E-state index is 12.5. The number of carbonyl (C=O) groups is 1. The van der Waals surface area contributed by atoms with Gasteiger partial charge in [-0.05, 0) is 47.2 Å². The van der Waals surface area contributed by atoms with Gasteiger partial charge in [0.2, 0.25) is 5.91 Å². The molecule has 0 aliphatic carbocycles. The molecule has 0 aliphatic rings. The number of hydrogen-bond acceptors (Lipinski definition) is 4. The number of ether oxygens (including phenoxy) is 1. The zero-order valence-electron chi connectivity index (χ0n) is 14.8. The van der Waals surface area contributed by atoms with Crippen LogP contribution in [0.4, 0.5) is 5.69 Å². The number of carbonyl (C=O) groups excluding carboxylic acids is 1. The van der Waals surface area contributed by atoms with Crippen LogP contribution in [0.5, 0.6) is 11.5 Å². The minimum absolute atomic E-state index is 0.0432. The Bertz CT molecular complexity index is 1080. The maximum absolute atomic E-state index is 12.5. The van der Waals surface area contributed by atoms with E-state index in [1.807, 2.05) is 6.07 Å². The van der Waals surface area contributed by atoms with Gasteiger partial charge in [-0.15, -0.1) is 0 Å². The van der Waals surface area contributed by atoms with E-state index in [0.29, 0.717) is 17.0 Å². The summed E-state index contributed by atoms with van der Waals surface area (Å²) < 4.78 is 22.2. The number of phosphoric ester groups is 1. The molecule has 7 nitrogen and oxygen atoms in total. The van der Waals surface area contributed by atoms with Crippen LogP contribution in [0.15, 0.2) is 59.1 Å². The fraction of sp³-hybridized carbons (Fsp3) is 0.105. The molecule has 0 atom stereocenters. The number of nitrogens with one attached hydrogen (secondary N) is 1. The van der Waals surface area contributed by atoms with E-state index in [-0.39, 0.29) is 18.1 Å². The van der Waals surface area contributed by atoms with Gasteiger partial charge in [0, 0.05) is 10.0 Å². The molecule has 3 N–H and O–H groups in total. The van der Waals surface area contributed by atoms with Crippen LogP contribution >= 0.6 is 23.8 Å². The molecule has 146 valence electrons. The summed E-state index contributed by atoms with van der Waals surface area (Å²) in [5.74, 6) is 0.0812. The summed E-state index contributed by atoms with van der Waals surface area (Å²) in [5, 5.41) is 4.26. The molecule has 0 heterocycles. The predicted octanol–water partition coefficient (Wildman–Crippen LogP) is 4.26. The second-order valence-corrected chi connectivity index (χ2v) is 8.04. The van der Waals surface area contributed by atoms with Crippen LogP contribution in [-0.4, -0.2) is 22.8 Å². The second kappa shape index (κ2) is 8.32. The average molecular weight is 466 g/mol. The van der Waals surface area contributed by atoms with E-state index in [9.17, 15) is 19.1 Å². The molecular weight excluding hydrogens is 449 g/mol. The monoisotopic (exact) mass is 465 g/mol. The molecule has 0 bridgehead atoms. The van der Waals surface area contributed by atoms with Crippen molar-refractivity contribution >= 4 is 46.1 Å². The van der Waals surface area contributed by atoms with E-state index >= 15 is 0 Å². The second-order valence-electron chi connectivity index (χ2n) is 5.96. The summed E-state index contributed by atoms with van der Waals surface area (Å²) in [4.78, 5) is 31.0. The zero-order chi connectivity index (χ0) is 20.3. The molecule has 0 fully saturated rings. The number of rotatable bonds is 6. The van der Waals surface area contributed by atoms with Crippen LogP contribution < -0.4 is 14.6 Å². The van der Waals surface area contributed by atoms with Crippen LogP contribution in [0.25, 0.3) is 10.8 Å². The Morgan fingerprint density at radius 3 is 2.54 bits per heavy atom. The van der Waals surface area contributed by atoms with Crippen molar-refractivity contribution in [2.24, 2.45) is 0 Å². The van der Waals surface area contributed by atoms with Gasteiger partial charge in [-0.1, -0.05) is 34.1 Å². The Morgan fingerprint density at radius 1 is 1.07 bits per heavy atom. The molecule has 0 aromatic heterocycles. The maximum Gasteiger partial charge on any atom is 0.524 e. The summed E-state index contributed by atoms with van der Waals surface area (Å²) >= 11 is 3.39. The van der Waals surface area contributed by atoms with Crippen molar-refractivity contribution in [3.63, 3.8) is 0 Å². The molecule has 0 saturated carbocycles. The Hall–Kier alpha value is -2.38. The van der Waals surface area contributed by atoms with Crippen molar-refractivity contribution in [2.75, 3.05) is 12.4 Å². The third-order valence-electron chi connectivity index (χ3n) is 3.93. The van der Waals surface area contributed by atoms with E-state index in [1.165, 1.54) is 13.2 Å². The Labute approximate surface area is 169 Å². The molecule has 0 saturated heterocycles. The van der Waals surface area contributed by atoms with E-state index in [4.69, 9.17) is 9.26 Å². The van der Waals surface area contributed by atoms with Crippen molar-refractivity contribution in [1.29, 1.82) is 0 Å². The molecule has 0 spiro atoms. The first-order valence-electron chi connectivity index (χ1n) is 8.15. The molecule has 3 rings (SSSR count). The average Bonchev–Trinajstić information content (AvgIpc) is 2.61. The van der Waals surface area contributed by atoms with E-state index in [1.54, 1.807) is 42.5 Å². The number of methoxy groups -OCH3 is 1. The van der Waals surface area contributed by atoms with Gasteiger partial charge in [0.25, 0.3) is 0 Å². The fourth-order valence-electron chi connectivity index (χ4n) is 2.76. The van der Waals surface area contributed by atoms with Gasteiger partial charge in [-0.3, -0.25) is 14.6 Å². The third-order valence-corrected chi connectivity index (χ3v) is 4.86. The van der Waals surface area contributed by atoms with Crippen LogP contribution in [0.3, 0.4) is 0 Å². The van der Waals surface area contributed by atoms with Crippen LogP contribution in [-0.2, 0) is 15.8 Å². The number of anilines is 1. The van der Waals surface area contributed by atoms with Crippen LogP contribution in [0.1, 0.15) is 5.56 Å². The number of halogens is 1.